The van der Waals surface area contributed by atoms with Crippen molar-refractivity contribution < 1.29 is 9.21 Å². The fourth-order valence-corrected chi connectivity index (χ4v) is 3.23. The maximum Gasteiger partial charge on any atom is 0.227 e. The predicted molar refractivity (Wildman–Crippen MR) is 103 cm³/mol. The molecule has 1 aliphatic heterocycles. The van der Waals surface area contributed by atoms with E-state index in [4.69, 9.17) is 4.42 Å². The molecule has 6 nitrogen and oxygen atoms in total. The number of anilines is 1. The number of rotatable bonds is 4. The van der Waals surface area contributed by atoms with Crippen molar-refractivity contribution in [2.24, 2.45) is 0 Å². The van der Waals surface area contributed by atoms with Crippen molar-refractivity contribution in [1.82, 2.24) is 15.1 Å². The summed E-state index contributed by atoms with van der Waals surface area (Å²) in [4.78, 5) is 16.6. The van der Waals surface area contributed by atoms with Crippen LogP contribution in [0, 0.1) is 6.92 Å². The molecule has 0 saturated carbocycles. The van der Waals surface area contributed by atoms with E-state index in [-0.39, 0.29) is 5.91 Å². The van der Waals surface area contributed by atoms with E-state index < -0.39 is 0 Å². The summed E-state index contributed by atoms with van der Waals surface area (Å²) in [7, 11) is 0. The zero-order chi connectivity index (χ0) is 18.6. The molecule has 27 heavy (non-hydrogen) atoms. The Balaban J connectivity index is 1.33. The van der Waals surface area contributed by atoms with Crippen LogP contribution in [0.3, 0.4) is 0 Å². The number of aromatic nitrogens is 2. The van der Waals surface area contributed by atoms with Crippen LogP contribution in [0.25, 0.3) is 11.5 Å². The van der Waals surface area contributed by atoms with Gasteiger partial charge in [-0.2, -0.15) is 0 Å². The first kappa shape index (κ1) is 17.3. The maximum atomic E-state index is 12.5. The van der Waals surface area contributed by atoms with Gasteiger partial charge in [-0.05, 0) is 36.8 Å². The Morgan fingerprint density at radius 3 is 2.41 bits per heavy atom. The lowest BCUT2D eigenvalue weighted by Gasteiger charge is -2.35. The van der Waals surface area contributed by atoms with Crippen LogP contribution in [0.4, 0.5) is 5.82 Å². The molecule has 0 aliphatic carbocycles. The van der Waals surface area contributed by atoms with Gasteiger partial charge in [0.25, 0.3) is 0 Å². The minimum atomic E-state index is 0.178. The quantitative estimate of drug-likeness (QED) is 0.714. The summed E-state index contributed by atoms with van der Waals surface area (Å²) in [5, 5.41) is 8.56. The number of piperazine rings is 1. The first-order valence-corrected chi connectivity index (χ1v) is 9.15. The highest BCUT2D eigenvalue weighted by Crippen LogP contribution is 2.19. The van der Waals surface area contributed by atoms with Crippen LogP contribution in [0.5, 0.6) is 0 Å². The number of amides is 1. The van der Waals surface area contributed by atoms with E-state index in [2.05, 4.69) is 22.0 Å². The first-order chi connectivity index (χ1) is 13.2. The Morgan fingerprint density at radius 2 is 1.78 bits per heavy atom. The van der Waals surface area contributed by atoms with E-state index in [0.717, 1.165) is 30.2 Å². The van der Waals surface area contributed by atoms with Crippen LogP contribution >= 0.6 is 0 Å². The molecular weight excluding hydrogens is 340 g/mol. The van der Waals surface area contributed by atoms with Crippen LogP contribution < -0.4 is 4.90 Å². The van der Waals surface area contributed by atoms with E-state index in [1.54, 1.807) is 6.26 Å². The highest BCUT2D eigenvalue weighted by atomic mass is 16.3. The zero-order valence-electron chi connectivity index (χ0n) is 15.3. The number of aryl methyl sites for hydroxylation is 1. The van der Waals surface area contributed by atoms with Gasteiger partial charge in [-0.3, -0.25) is 4.79 Å². The lowest BCUT2D eigenvalue weighted by atomic mass is 10.1. The Kier molecular flexibility index (Phi) is 4.87. The van der Waals surface area contributed by atoms with Gasteiger partial charge < -0.3 is 14.2 Å². The van der Waals surface area contributed by atoms with Gasteiger partial charge in [0.1, 0.15) is 5.69 Å². The molecule has 6 heteroatoms. The van der Waals surface area contributed by atoms with Crippen molar-refractivity contribution in [2.45, 2.75) is 13.3 Å². The molecular formula is C21H22N4O2. The second-order valence-corrected chi connectivity index (χ2v) is 6.78. The van der Waals surface area contributed by atoms with Crippen molar-refractivity contribution in [3.63, 3.8) is 0 Å². The molecule has 0 bridgehead atoms. The number of carbonyl (C=O) groups excluding carboxylic acids is 1. The third-order valence-electron chi connectivity index (χ3n) is 4.86. The largest absolute Gasteiger partial charge is 0.463 e. The third kappa shape index (κ3) is 4.00. The van der Waals surface area contributed by atoms with Crippen molar-refractivity contribution >= 4 is 11.7 Å². The molecule has 1 aliphatic rings. The molecule has 0 radical (unpaired) electrons. The van der Waals surface area contributed by atoms with Crippen molar-refractivity contribution in [3.05, 3.63) is 65.9 Å². The Hall–Kier alpha value is -3.15. The number of nitrogens with zero attached hydrogens (tertiary/aromatic N) is 4. The molecule has 1 amide bonds. The monoisotopic (exact) mass is 362 g/mol. The predicted octanol–water partition coefficient (Wildman–Crippen LogP) is 2.94. The summed E-state index contributed by atoms with van der Waals surface area (Å²) in [5.41, 5.74) is 2.99. The van der Waals surface area contributed by atoms with E-state index in [1.807, 2.05) is 53.4 Å². The van der Waals surface area contributed by atoms with Gasteiger partial charge in [0.2, 0.25) is 5.91 Å². The molecule has 0 unspecified atom stereocenters. The van der Waals surface area contributed by atoms with Gasteiger partial charge >= 0.3 is 0 Å². The highest BCUT2D eigenvalue weighted by molar-refractivity contribution is 5.79. The molecule has 0 spiro atoms. The lowest BCUT2D eigenvalue weighted by Crippen LogP contribution is -2.49. The molecule has 4 rings (SSSR count). The molecule has 138 valence electrons. The van der Waals surface area contributed by atoms with Gasteiger partial charge in [-0.15, -0.1) is 10.2 Å². The Bertz CT molecular complexity index is 881. The number of carbonyl (C=O) groups is 1. The second kappa shape index (κ2) is 7.61. The highest BCUT2D eigenvalue weighted by Gasteiger charge is 2.22. The van der Waals surface area contributed by atoms with E-state index in [9.17, 15) is 4.79 Å². The summed E-state index contributed by atoms with van der Waals surface area (Å²) < 4.78 is 5.34. The van der Waals surface area contributed by atoms with Crippen LogP contribution in [0.1, 0.15) is 11.1 Å². The third-order valence-corrected chi connectivity index (χ3v) is 4.86. The van der Waals surface area contributed by atoms with Crippen molar-refractivity contribution in [1.29, 1.82) is 0 Å². The molecule has 0 atom stereocenters. The van der Waals surface area contributed by atoms with Crippen molar-refractivity contribution in [2.75, 3.05) is 31.1 Å². The second-order valence-electron chi connectivity index (χ2n) is 6.78. The minimum absolute atomic E-state index is 0.178. The normalized spacial score (nSPS) is 14.4. The van der Waals surface area contributed by atoms with Gasteiger partial charge in [-0.1, -0.05) is 29.8 Å². The van der Waals surface area contributed by atoms with Crippen LogP contribution in [-0.2, 0) is 11.2 Å². The Morgan fingerprint density at radius 1 is 1.00 bits per heavy atom. The molecule has 2 aromatic heterocycles. The molecule has 1 saturated heterocycles. The number of benzene rings is 1. The van der Waals surface area contributed by atoms with E-state index >= 15 is 0 Å². The number of furan rings is 1. The number of hydrogen-bond acceptors (Lipinski definition) is 5. The summed E-state index contributed by atoms with van der Waals surface area (Å²) in [6.45, 7) is 4.97. The van der Waals surface area contributed by atoms with E-state index in [1.165, 1.54) is 5.56 Å². The van der Waals surface area contributed by atoms with Crippen LogP contribution in [0.2, 0.25) is 0 Å². The van der Waals surface area contributed by atoms with Gasteiger partial charge in [0.05, 0.1) is 12.7 Å². The molecule has 1 aromatic carbocycles. The smallest absolute Gasteiger partial charge is 0.227 e. The fraction of sp³-hybridized carbons (Fsp3) is 0.286. The standard InChI is InChI=1S/C21H22N4O2/c1-16-4-6-17(7-5-16)15-21(26)25-12-10-24(11-13-25)20-9-8-18(22-23-20)19-3-2-14-27-19/h2-9,14H,10-13,15H2,1H3. The average Bonchev–Trinajstić information content (AvgIpc) is 3.25. The zero-order valence-corrected chi connectivity index (χ0v) is 15.3. The average molecular weight is 362 g/mol. The topological polar surface area (TPSA) is 62.5 Å². The SMILES string of the molecule is Cc1ccc(CC(=O)N2CCN(c3ccc(-c4ccco4)nn3)CC2)cc1. The summed E-state index contributed by atoms with van der Waals surface area (Å²) in [5.74, 6) is 1.72. The lowest BCUT2D eigenvalue weighted by molar-refractivity contribution is -0.130. The number of hydrogen-bond donors (Lipinski definition) is 0. The first-order valence-electron chi connectivity index (χ1n) is 9.15. The van der Waals surface area contributed by atoms with Crippen LogP contribution in [0.15, 0.2) is 59.2 Å². The molecule has 3 heterocycles. The molecule has 0 N–H and O–H groups in total. The van der Waals surface area contributed by atoms with Gasteiger partial charge in [0.15, 0.2) is 11.6 Å². The van der Waals surface area contributed by atoms with Crippen LogP contribution in [-0.4, -0.2) is 47.2 Å². The summed E-state index contributed by atoms with van der Waals surface area (Å²) >= 11 is 0. The molecule has 3 aromatic rings. The summed E-state index contributed by atoms with van der Waals surface area (Å²) in [6.07, 6.45) is 2.08. The van der Waals surface area contributed by atoms with Gasteiger partial charge in [-0.25, -0.2) is 0 Å². The van der Waals surface area contributed by atoms with E-state index in [0.29, 0.717) is 25.3 Å². The Labute approximate surface area is 158 Å². The van der Waals surface area contributed by atoms with Gasteiger partial charge in [0, 0.05) is 26.2 Å². The van der Waals surface area contributed by atoms with Crippen molar-refractivity contribution in [3.8, 4) is 11.5 Å². The fourth-order valence-electron chi connectivity index (χ4n) is 3.23. The minimum Gasteiger partial charge on any atom is -0.463 e. The molecule has 1 fully saturated rings. The summed E-state index contributed by atoms with van der Waals surface area (Å²) in [6, 6.07) is 15.7. The maximum absolute atomic E-state index is 12.5.